The SMILES string of the molecule is Cc1ccc(O)c(CN2CCC[C@@H](OCc3cccnc3)C2)c1. The van der Waals surface area contributed by atoms with Gasteiger partial charge in [0.25, 0.3) is 0 Å². The van der Waals surface area contributed by atoms with Crippen molar-refractivity contribution in [3.63, 3.8) is 0 Å². The van der Waals surface area contributed by atoms with Gasteiger partial charge in [-0.15, -0.1) is 0 Å². The summed E-state index contributed by atoms with van der Waals surface area (Å²) in [5.74, 6) is 0.383. The Hall–Kier alpha value is -1.91. The van der Waals surface area contributed by atoms with Crippen molar-refractivity contribution in [3.05, 3.63) is 59.4 Å². The standard InChI is InChI=1S/C19H24N2O2/c1-15-6-7-19(22)17(10-15)12-21-9-3-5-18(13-21)23-14-16-4-2-8-20-11-16/h2,4,6-8,10-11,18,22H,3,5,9,12-14H2,1H3/t18-/m1/s1. The summed E-state index contributed by atoms with van der Waals surface area (Å²) < 4.78 is 6.05. The number of benzene rings is 1. The number of likely N-dealkylation sites (tertiary alicyclic amines) is 1. The lowest BCUT2D eigenvalue weighted by molar-refractivity contribution is -0.0122. The van der Waals surface area contributed by atoms with Gasteiger partial charge in [0, 0.05) is 31.0 Å². The zero-order valence-electron chi connectivity index (χ0n) is 13.6. The molecule has 0 spiro atoms. The van der Waals surface area contributed by atoms with Gasteiger partial charge in [-0.2, -0.15) is 0 Å². The molecule has 1 atom stereocenters. The molecule has 0 unspecified atom stereocenters. The third kappa shape index (κ3) is 4.53. The number of phenols is 1. The van der Waals surface area contributed by atoms with Gasteiger partial charge in [-0.25, -0.2) is 0 Å². The largest absolute Gasteiger partial charge is 0.508 e. The van der Waals surface area contributed by atoms with E-state index in [2.05, 4.69) is 22.9 Å². The van der Waals surface area contributed by atoms with Gasteiger partial charge in [0.1, 0.15) is 5.75 Å². The molecule has 23 heavy (non-hydrogen) atoms. The Bertz CT molecular complexity index is 631. The van der Waals surface area contributed by atoms with E-state index in [4.69, 9.17) is 4.74 Å². The van der Waals surface area contributed by atoms with Crippen molar-refractivity contribution in [2.45, 2.75) is 39.0 Å². The van der Waals surface area contributed by atoms with Crippen LogP contribution < -0.4 is 0 Å². The molecule has 2 heterocycles. The molecule has 2 aromatic rings. The molecule has 0 bridgehead atoms. The summed E-state index contributed by atoms with van der Waals surface area (Å²) in [7, 11) is 0. The number of rotatable bonds is 5. The number of pyridine rings is 1. The molecule has 1 aromatic carbocycles. The summed E-state index contributed by atoms with van der Waals surface area (Å²) in [5.41, 5.74) is 3.29. The number of piperidine rings is 1. The normalized spacial score (nSPS) is 18.9. The number of phenolic OH excluding ortho intramolecular Hbond substituents is 1. The van der Waals surface area contributed by atoms with Crippen LogP contribution >= 0.6 is 0 Å². The van der Waals surface area contributed by atoms with Crippen LogP contribution in [0.5, 0.6) is 5.75 Å². The third-order valence-electron chi connectivity index (χ3n) is 4.30. The molecule has 3 rings (SSSR count). The Kier molecular flexibility index (Phi) is 5.26. The minimum atomic E-state index is 0.246. The summed E-state index contributed by atoms with van der Waals surface area (Å²) >= 11 is 0. The van der Waals surface area contributed by atoms with Gasteiger partial charge in [-0.05, 0) is 44.0 Å². The molecule has 1 N–H and O–H groups in total. The maximum atomic E-state index is 10.0. The molecule has 0 saturated carbocycles. The minimum absolute atomic E-state index is 0.246. The highest BCUT2D eigenvalue weighted by Gasteiger charge is 2.21. The maximum Gasteiger partial charge on any atom is 0.120 e. The second-order valence-corrected chi connectivity index (χ2v) is 6.30. The molecule has 122 valence electrons. The molecule has 1 aliphatic heterocycles. The predicted molar refractivity (Wildman–Crippen MR) is 90.2 cm³/mol. The van der Waals surface area contributed by atoms with Gasteiger partial charge < -0.3 is 9.84 Å². The number of hydrogen-bond donors (Lipinski definition) is 1. The highest BCUT2D eigenvalue weighted by atomic mass is 16.5. The van der Waals surface area contributed by atoms with Gasteiger partial charge in [0.2, 0.25) is 0 Å². The first-order valence-electron chi connectivity index (χ1n) is 8.22. The number of ether oxygens (including phenoxy) is 1. The van der Waals surface area contributed by atoms with Crippen molar-refractivity contribution in [1.82, 2.24) is 9.88 Å². The van der Waals surface area contributed by atoms with Crippen LogP contribution in [-0.2, 0) is 17.9 Å². The zero-order chi connectivity index (χ0) is 16.1. The fraction of sp³-hybridized carbons (Fsp3) is 0.421. The first-order valence-corrected chi connectivity index (χ1v) is 8.22. The number of hydrogen-bond acceptors (Lipinski definition) is 4. The zero-order valence-corrected chi connectivity index (χ0v) is 13.6. The first kappa shape index (κ1) is 16.0. The van der Waals surface area contributed by atoms with E-state index in [1.54, 1.807) is 12.3 Å². The monoisotopic (exact) mass is 312 g/mol. The Balaban J connectivity index is 1.54. The molecule has 4 heteroatoms. The van der Waals surface area contributed by atoms with Crippen LogP contribution in [0, 0.1) is 6.92 Å². The second kappa shape index (κ2) is 7.57. The van der Waals surface area contributed by atoms with Crippen LogP contribution in [0.15, 0.2) is 42.7 Å². The molecule has 0 aliphatic carbocycles. The van der Waals surface area contributed by atoms with Crippen LogP contribution in [0.4, 0.5) is 0 Å². The Labute approximate surface area is 137 Å². The Morgan fingerprint density at radius 1 is 1.35 bits per heavy atom. The highest BCUT2D eigenvalue weighted by molar-refractivity contribution is 5.35. The average Bonchev–Trinajstić information content (AvgIpc) is 2.58. The van der Waals surface area contributed by atoms with E-state index in [9.17, 15) is 5.11 Å². The van der Waals surface area contributed by atoms with Crippen molar-refractivity contribution < 1.29 is 9.84 Å². The van der Waals surface area contributed by atoms with E-state index in [-0.39, 0.29) is 6.10 Å². The summed E-state index contributed by atoms with van der Waals surface area (Å²) in [4.78, 5) is 6.49. The lowest BCUT2D eigenvalue weighted by Gasteiger charge is -2.32. The molecule has 4 nitrogen and oxygen atoms in total. The van der Waals surface area contributed by atoms with Crippen molar-refractivity contribution in [2.24, 2.45) is 0 Å². The van der Waals surface area contributed by atoms with Gasteiger partial charge in [0.15, 0.2) is 0 Å². The van der Waals surface area contributed by atoms with Crippen LogP contribution in [0.3, 0.4) is 0 Å². The molecule has 1 aliphatic rings. The van der Waals surface area contributed by atoms with Crippen LogP contribution in [0.25, 0.3) is 0 Å². The number of aryl methyl sites for hydroxylation is 1. The predicted octanol–water partition coefficient (Wildman–Crippen LogP) is 3.28. The van der Waals surface area contributed by atoms with Crippen LogP contribution in [0.2, 0.25) is 0 Å². The topological polar surface area (TPSA) is 45.6 Å². The van der Waals surface area contributed by atoms with Crippen LogP contribution in [-0.4, -0.2) is 34.2 Å². The summed E-state index contributed by atoms with van der Waals surface area (Å²) in [6, 6.07) is 9.76. The van der Waals surface area contributed by atoms with E-state index >= 15 is 0 Å². The summed E-state index contributed by atoms with van der Waals surface area (Å²) in [6.07, 6.45) is 6.10. The van der Waals surface area contributed by atoms with Crippen molar-refractivity contribution in [2.75, 3.05) is 13.1 Å². The lowest BCUT2D eigenvalue weighted by Crippen LogP contribution is -2.39. The molecular formula is C19H24N2O2. The Morgan fingerprint density at radius 3 is 3.09 bits per heavy atom. The second-order valence-electron chi connectivity index (χ2n) is 6.30. The summed E-state index contributed by atoms with van der Waals surface area (Å²) in [6.45, 7) is 5.41. The van der Waals surface area contributed by atoms with E-state index in [1.165, 1.54) is 5.56 Å². The van der Waals surface area contributed by atoms with Gasteiger partial charge in [-0.1, -0.05) is 23.8 Å². The molecule has 0 radical (unpaired) electrons. The van der Waals surface area contributed by atoms with E-state index in [1.807, 2.05) is 24.4 Å². The van der Waals surface area contributed by atoms with Gasteiger partial charge >= 0.3 is 0 Å². The molecular weight excluding hydrogens is 288 g/mol. The third-order valence-corrected chi connectivity index (χ3v) is 4.30. The van der Waals surface area contributed by atoms with Crippen LogP contribution in [0.1, 0.15) is 29.5 Å². The maximum absolute atomic E-state index is 10.0. The highest BCUT2D eigenvalue weighted by Crippen LogP contribution is 2.23. The molecule has 1 aromatic heterocycles. The fourth-order valence-electron chi connectivity index (χ4n) is 3.07. The average molecular weight is 312 g/mol. The summed E-state index contributed by atoms with van der Waals surface area (Å²) in [5, 5.41) is 10.0. The minimum Gasteiger partial charge on any atom is -0.508 e. The molecule has 1 fully saturated rings. The number of nitrogens with zero attached hydrogens (tertiary/aromatic N) is 2. The smallest absolute Gasteiger partial charge is 0.120 e. The van der Waals surface area contributed by atoms with Gasteiger partial charge in [0.05, 0.1) is 12.7 Å². The Morgan fingerprint density at radius 2 is 2.26 bits per heavy atom. The quantitative estimate of drug-likeness (QED) is 0.920. The first-order chi connectivity index (χ1) is 11.2. The van der Waals surface area contributed by atoms with E-state index in [0.29, 0.717) is 12.4 Å². The lowest BCUT2D eigenvalue weighted by atomic mass is 10.1. The molecule has 0 amide bonds. The number of aromatic hydroxyl groups is 1. The number of aromatic nitrogens is 1. The molecule has 1 saturated heterocycles. The van der Waals surface area contributed by atoms with Crippen molar-refractivity contribution >= 4 is 0 Å². The van der Waals surface area contributed by atoms with E-state index in [0.717, 1.165) is 43.6 Å². The van der Waals surface area contributed by atoms with Crippen molar-refractivity contribution in [3.8, 4) is 5.75 Å². The van der Waals surface area contributed by atoms with Gasteiger partial charge in [-0.3, -0.25) is 9.88 Å². The van der Waals surface area contributed by atoms with E-state index < -0.39 is 0 Å². The van der Waals surface area contributed by atoms with Crippen molar-refractivity contribution in [1.29, 1.82) is 0 Å². The fourth-order valence-corrected chi connectivity index (χ4v) is 3.07.